The van der Waals surface area contributed by atoms with Gasteiger partial charge >= 0.3 is 6.36 Å². The van der Waals surface area contributed by atoms with Gasteiger partial charge in [0.1, 0.15) is 12.3 Å². The van der Waals surface area contributed by atoms with Crippen LogP contribution in [0, 0.1) is 6.92 Å². The number of carbonyl (C=O) groups is 1. The first-order valence-corrected chi connectivity index (χ1v) is 8.28. The highest BCUT2D eigenvalue weighted by Crippen LogP contribution is 2.24. The largest absolute Gasteiger partial charge is 0.573 e. The molecule has 1 aromatic carbocycles. The number of thiophene rings is 1. The molecule has 5 nitrogen and oxygen atoms in total. The minimum Gasteiger partial charge on any atom is -0.406 e. The first-order chi connectivity index (χ1) is 12.2. The molecule has 1 N–H and O–H groups in total. The maximum atomic E-state index is 12.4. The Morgan fingerprint density at radius 1 is 1.23 bits per heavy atom. The van der Waals surface area contributed by atoms with Crippen molar-refractivity contribution in [3.05, 3.63) is 57.8 Å². The summed E-state index contributed by atoms with van der Waals surface area (Å²) in [5, 5.41) is 3.08. The Labute approximate surface area is 149 Å². The first-order valence-electron chi connectivity index (χ1n) is 7.46. The minimum atomic E-state index is -4.77. The third-order valence-corrected chi connectivity index (χ3v) is 4.48. The average molecular weight is 382 g/mol. The van der Waals surface area contributed by atoms with Crippen molar-refractivity contribution in [1.29, 1.82) is 0 Å². The number of aryl methyl sites for hydroxylation is 1. The highest BCUT2D eigenvalue weighted by atomic mass is 32.1. The number of hydrogen-bond acceptors (Lipinski definition) is 4. The Balaban J connectivity index is 1.69. The van der Waals surface area contributed by atoms with Crippen molar-refractivity contribution in [2.45, 2.75) is 19.8 Å². The summed E-state index contributed by atoms with van der Waals surface area (Å²) in [5.74, 6) is -0.854. The molecule has 0 fully saturated rings. The van der Waals surface area contributed by atoms with Crippen LogP contribution in [0.4, 0.5) is 18.9 Å². The maximum Gasteiger partial charge on any atom is 0.573 e. The van der Waals surface area contributed by atoms with Gasteiger partial charge in [0.15, 0.2) is 0 Å². The fraction of sp³-hybridized carbons (Fsp3) is 0.176. The van der Waals surface area contributed by atoms with E-state index in [9.17, 15) is 22.8 Å². The second-order valence-corrected chi connectivity index (χ2v) is 6.79. The predicted octanol–water partition coefficient (Wildman–Crippen LogP) is 3.91. The number of hydrogen-bond donors (Lipinski definition) is 1. The summed E-state index contributed by atoms with van der Waals surface area (Å²) < 4.78 is 42.3. The van der Waals surface area contributed by atoms with Crippen LogP contribution in [-0.4, -0.2) is 16.8 Å². The zero-order valence-electron chi connectivity index (χ0n) is 13.5. The molecule has 0 aliphatic carbocycles. The summed E-state index contributed by atoms with van der Waals surface area (Å²) in [6.07, 6.45) is -3.23. The molecule has 26 heavy (non-hydrogen) atoms. The van der Waals surface area contributed by atoms with Gasteiger partial charge in [-0.1, -0.05) is 0 Å². The van der Waals surface area contributed by atoms with E-state index in [0.29, 0.717) is 11.1 Å². The SMILES string of the molecule is Cc1cc2c(=O)n(CC(=O)Nc3ccc(OC(F)(F)F)cc3)ccc2s1. The summed E-state index contributed by atoms with van der Waals surface area (Å²) in [6.45, 7) is 1.69. The van der Waals surface area contributed by atoms with Crippen LogP contribution >= 0.6 is 11.3 Å². The number of pyridine rings is 1. The molecule has 2 aromatic heterocycles. The van der Waals surface area contributed by atoms with E-state index in [1.807, 2.05) is 6.92 Å². The molecular weight excluding hydrogens is 369 g/mol. The molecule has 0 radical (unpaired) electrons. The number of anilines is 1. The third kappa shape index (κ3) is 4.23. The molecule has 136 valence electrons. The molecule has 3 rings (SSSR count). The second-order valence-electron chi connectivity index (χ2n) is 5.50. The predicted molar refractivity (Wildman–Crippen MR) is 92.6 cm³/mol. The van der Waals surface area contributed by atoms with Crippen LogP contribution in [-0.2, 0) is 11.3 Å². The second kappa shape index (κ2) is 6.83. The summed E-state index contributed by atoms with van der Waals surface area (Å²) in [7, 11) is 0. The lowest BCUT2D eigenvalue weighted by atomic mass is 10.3. The Morgan fingerprint density at radius 3 is 2.58 bits per heavy atom. The van der Waals surface area contributed by atoms with Gasteiger partial charge in [0, 0.05) is 21.5 Å². The molecular formula is C17H13F3N2O3S. The lowest BCUT2D eigenvalue weighted by molar-refractivity contribution is -0.274. The Morgan fingerprint density at radius 2 is 1.92 bits per heavy atom. The van der Waals surface area contributed by atoms with Crippen molar-refractivity contribution in [3.63, 3.8) is 0 Å². The van der Waals surface area contributed by atoms with E-state index in [2.05, 4.69) is 10.1 Å². The van der Waals surface area contributed by atoms with E-state index in [4.69, 9.17) is 0 Å². The molecule has 0 bridgehead atoms. The number of nitrogens with one attached hydrogen (secondary N) is 1. The van der Waals surface area contributed by atoms with Crippen molar-refractivity contribution in [2.75, 3.05) is 5.32 Å². The van der Waals surface area contributed by atoms with Gasteiger partial charge in [-0.3, -0.25) is 9.59 Å². The van der Waals surface area contributed by atoms with Gasteiger partial charge in [-0.15, -0.1) is 24.5 Å². The summed E-state index contributed by atoms with van der Waals surface area (Å²) in [4.78, 5) is 25.5. The Kier molecular flexibility index (Phi) is 4.73. The lowest BCUT2D eigenvalue weighted by Gasteiger charge is -2.10. The topological polar surface area (TPSA) is 60.3 Å². The number of rotatable bonds is 4. The van der Waals surface area contributed by atoms with E-state index < -0.39 is 12.3 Å². The van der Waals surface area contributed by atoms with Crippen molar-refractivity contribution in [1.82, 2.24) is 4.57 Å². The quantitative estimate of drug-likeness (QED) is 0.744. The Hall–Kier alpha value is -2.81. The van der Waals surface area contributed by atoms with Crippen LogP contribution < -0.4 is 15.6 Å². The third-order valence-electron chi connectivity index (χ3n) is 3.47. The molecule has 0 unspecified atom stereocenters. The molecule has 9 heteroatoms. The van der Waals surface area contributed by atoms with Crippen LogP contribution in [0.2, 0.25) is 0 Å². The standard InChI is InChI=1S/C17H13F3N2O3S/c1-10-8-13-14(26-10)6-7-22(16(13)24)9-15(23)21-11-2-4-12(5-3-11)25-17(18,19)20/h2-8H,9H2,1H3,(H,21,23). The van der Waals surface area contributed by atoms with E-state index in [0.717, 1.165) is 21.7 Å². The van der Waals surface area contributed by atoms with Gasteiger partial charge in [-0.25, -0.2) is 0 Å². The fourth-order valence-electron chi connectivity index (χ4n) is 2.42. The minimum absolute atomic E-state index is 0.204. The summed E-state index contributed by atoms with van der Waals surface area (Å²) >= 11 is 1.50. The number of benzene rings is 1. The monoisotopic (exact) mass is 382 g/mol. The van der Waals surface area contributed by atoms with E-state index in [-0.39, 0.29) is 17.9 Å². The highest BCUT2D eigenvalue weighted by Gasteiger charge is 2.30. The number of carbonyl (C=O) groups excluding carboxylic acids is 1. The van der Waals surface area contributed by atoms with Crippen LogP contribution in [0.25, 0.3) is 10.1 Å². The van der Waals surface area contributed by atoms with E-state index >= 15 is 0 Å². The molecule has 1 amide bonds. The number of halogens is 3. The smallest absolute Gasteiger partial charge is 0.406 e. The number of fused-ring (bicyclic) bond motifs is 1. The summed E-state index contributed by atoms with van der Waals surface area (Å²) in [6, 6.07) is 8.30. The highest BCUT2D eigenvalue weighted by molar-refractivity contribution is 7.18. The molecule has 0 saturated carbocycles. The van der Waals surface area contributed by atoms with Crippen LogP contribution in [0.5, 0.6) is 5.75 Å². The van der Waals surface area contributed by atoms with E-state index in [1.165, 1.54) is 28.0 Å². The zero-order chi connectivity index (χ0) is 18.9. The van der Waals surface area contributed by atoms with Crippen LogP contribution in [0.15, 0.2) is 47.4 Å². The maximum absolute atomic E-state index is 12.4. The number of amides is 1. The van der Waals surface area contributed by atoms with Gasteiger partial charge in [0.2, 0.25) is 5.91 Å². The zero-order valence-corrected chi connectivity index (χ0v) is 14.3. The molecule has 0 saturated heterocycles. The van der Waals surface area contributed by atoms with Gasteiger partial charge in [-0.2, -0.15) is 0 Å². The van der Waals surface area contributed by atoms with Crippen LogP contribution in [0.1, 0.15) is 4.88 Å². The van der Waals surface area contributed by atoms with Crippen molar-refractivity contribution < 1.29 is 22.7 Å². The van der Waals surface area contributed by atoms with Gasteiger partial charge in [0.25, 0.3) is 5.56 Å². The molecule has 0 atom stereocenters. The molecule has 3 aromatic rings. The normalized spacial score (nSPS) is 11.5. The molecule has 0 aliphatic heterocycles. The van der Waals surface area contributed by atoms with Crippen molar-refractivity contribution in [2.24, 2.45) is 0 Å². The van der Waals surface area contributed by atoms with Crippen molar-refractivity contribution in [3.8, 4) is 5.75 Å². The van der Waals surface area contributed by atoms with Crippen molar-refractivity contribution >= 4 is 33.0 Å². The lowest BCUT2D eigenvalue weighted by Crippen LogP contribution is -2.27. The molecule has 0 aliphatic rings. The average Bonchev–Trinajstić information content (AvgIpc) is 2.92. The summed E-state index contributed by atoms with van der Waals surface area (Å²) in [5.41, 5.74) is 0.0287. The van der Waals surface area contributed by atoms with Gasteiger partial charge in [0.05, 0.1) is 5.39 Å². The van der Waals surface area contributed by atoms with E-state index in [1.54, 1.807) is 18.3 Å². The Bertz CT molecular complexity index is 1010. The first kappa shape index (κ1) is 18.0. The molecule has 2 heterocycles. The number of alkyl halides is 3. The van der Waals surface area contributed by atoms with Gasteiger partial charge in [-0.05, 0) is 43.3 Å². The molecule has 0 spiro atoms. The number of aromatic nitrogens is 1. The number of nitrogens with zero attached hydrogens (tertiary/aromatic N) is 1. The van der Waals surface area contributed by atoms with Gasteiger partial charge < -0.3 is 14.6 Å². The number of ether oxygens (including phenoxy) is 1. The van der Waals surface area contributed by atoms with Crippen LogP contribution in [0.3, 0.4) is 0 Å². The fourth-order valence-corrected chi connectivity index (χ4v) is 3.33.